The average molecular weight is 277 g/mol. The number of rotatable bonds is 7. The summed E-state index contributed by atoms with van der Waals surface area (Å²) in [7, 11) is 0. The molecule has 0 unspecified atom stereocenters. The van der Waals surface area contributed by atoms with Crippen LogP contribution in [0.25, 0.3) is 0 Å². The highest BCUT2D eigenvalue weighted by Crippen LogP contribution is 2.28. The van der Waals surface area contributed by atoms with Gasteiger partial charge in [0.05, 0.1) is 5.60 Å². The van der Waals surface area contributed by atoms with Crippen LogP contribution in [0, 0.1) is 0 Å². The average Bonchev–Trinajstić information content (AvgIpc) is 2.48. The maximum atomic E-state index is 10.4. The van der Waals surface area contributed by atoms with Crippen molar-refractivity contribution < 1.29 is 9.84 Å². The molecule has 2 N–H and O–H groups in total. The summed E-state index contributed by atoms with van der Waals surface area (Å²) in [4.78, 5) is 0. The van der Waals surface area contributed by atoms with Gasteiger partial charge in [-0.05, 0) is 43.5 Å². The zero-order valence-corrected chi connectivity index (χ0v) is 12.5. The van der Waals surface area contributed by atoms with E-state index in [1.54, 1.807) is 0 Å². The van der Waals surface area contributed by atoms with Crippen molar-refractivity contribution in [1.82, 2.24) is 5.32 Å². The van der Waals surface area contributed by atoms with Crippen molar-refractivity contribution in [3.63, 3.8) is 0 Å². The summed E-state index contributed by atoms with van der Waals surface area (Å²) in [6, 6.07) is 8.16. The lowest BCUT2D eigenvalue weighted by Crippen LogP contribution is -2.37. The second kappa shape index (κ2) is 7.65. The van der Waals surface area contributed by atoms with Crippen LogP contribution in [0.15, 0.2) is 24.3 Å². The molecule has 20 heavy (non-hydrogen) atoms. The van der Waals surface area contributed by atoms with Crippen molar-refractivity contribution in [3.8, 4) is 5.75 Å². The number of hydrogen-bond donors (Lipinski definition) is 2. The molecule has 0 saturated heterocycles. The summed E-state index contributed by atoms with van der Waals surface area (Å²) in [6.07, 6.45) is 6.35. The largest absolute Gasteiger partial charge is 0.491 e. The first-order chi connectivity index (χ1) is 9.72. The smallest absolute Gasteiger partial charge is 0.119 e. The Morgan fingerprint density at radius 1 is 1.15 bits per heavy atom. The van der Waals surface area contributed by atoms with Crippen LogP contribution in [0.1, 0.15) is 51.0 Å². The third-order valence-electron chi connectivity index (χ3n) is 3.97. The Morgan fingerprint density at radius 2 is 1.85 bits per heavy atom. The van der Waals surface area contributed by atoms with Crippen molar-refractivity contribution in [2.75, 3.05) is 13.2 Å². The first kappa shape index (κ1) is 15.3. The Labute approximate surface area is 122 Å². The first-order valence-corrected chi connectivity index (χ1v) is 7.87. The van der Waals surface area contributed by atoms with Crippen molar-refractivity contribution in [2.24, 2.45) is 0 Å². The molecule has 1 fully saturated rings. The maximum absolute atomic E-state index is 10.4. The van der Waals surface area contributed by atoms with Gasteiger partial charge < -0.3 is 15.2 Å². The summed E-state index contributed by atoms with van der Waals surface area (Å²) >= 11 is 0. The lowest BCUT2D eigenvalue weighted by Gasteiger charge is -2.31. The molecule has 3 heteroatoms. The molecule has 0 aliphatic heterocycles. The molecule has 0 atom stereocenters. The molecular weight excluding hydrogens is 250 g/mol. The highest BCUT2D eigenvalue weighted by atomic mass is 16.5. The minimum absolute atomic E-state index is 0.417. The van der Waals surface area contributed by atoms with E-state index < -0.39 is 5.60 Å². The molecule has 0 radical (unpaired) electrons. The van der Waals surface area contributed by atoms with Crippen LogP contribution >= 0.6 is 0 Å². The van der Waals surface area contributed by atoms with Crippen LogP contribution in [-0.2, 0) is 6.54 Å². The predicted octanol–water partition coefficient (Wildman–Crippen LogP) is 3.26. The van der Waals surface area contributed by atoms with E-state index in [1.807, 2.05) is 12.1 Å². The van der Waals surface area contributed by atoms with Crippen LogP contribution in [-0.4, -0.2) is 23.9 Å². The van der Waals surface area contributed by atoms with Crippen LogP contribution in [0.3, 0.4) is 0 Å². The molecule has 0 aromatic heterocycles. The molecule has 112 valence electrons. The minimum Gasteiger partial charge on any atom is -0.491 e. The second-order valence-corrected chi connectivity index (χ2v) is 5.89. The molecule has 1 aromatic rings. The molecule has 3 nitrogen and oxygen atoms in total. The summed E-state index contributed by atoms with van der Waals surface area (Å²) in [5.41, 5.74) is 0.654. The third-order valence-corrected chi connectivity index (χ3v) is 3.97. The molecule has 2 rings (SSSR count). The van der Waals surface area contributed by atoms with Gasteiger partial charge in [-0.15, -0.1) is 0 Å². The van der Waals surface area contributed by atoms with Gasteiger partial charge in [-0.2, -0.15) is 0 Å². The van der Waals surface area contributed by atoms with E-state index in [0.717, 1.165) is 50.9 Å². The highest BCUT2D eigenvalue weighted by Gasteiger charge is 2.29. The predicted molar refractivity (Wildman–Crippen MR) is 82.0 cm³/mol. The molecule has 0 heterocycles. The van der Waals surface area contributed by atoms with E-state index in [2.05, 4.69) is 24.4 Å². The normalized spacial score (nSPS) is 17.9. The van der Waals surface area contributed by atoms with E-state index in [4.69, 9.17) is 4.74 Å². The fraction of sp³-hybridized carbons (Fsp3) is 0.647. The van der Waals surface area contributed by atoms with Crippen LogP contribution in [0.5, 0.6) is 5.75 Å². The third kappa shape index (κ3) is 4.80. The van der Waals surface area contributed by atoms with Crippen molar-refractivity contribution in [1.29, 1.82) is 0 Å². The molecule has 1 aliphatic carbocycles. The molecule has 1 aliphatic rings. The monoisotopic (exact) mass is 277 g/mol. The Kier molecular flexibility index (Phi) is 5.86. The Morgan fingerprint density at radius 3 is 2.50 bits per heavy atom. The fourth-order valence-corrected chi connectivity index (χ4v) is 2.68. The van der Waals surface area contributed by atoms with Gasteiger partial charge >= 0.3 is 0 Å². The maximum Gasteiger partial charge on any atom is 0.119 e. The van der Waals surface area contributed by atoms with Gasteiger partial charge in [0.25, 0.3) is 0 Å². The van der Waals surface area contributed by atoms with Crippen LogP contribution in [0.4, 0.5) is 0 Å². The van der Waals surface area contributed by atoms with Gasteiger partial charge in [0.15, 0.2) is 0 Å². The first-order valence-electron chi connectivity index (χ1n) is 7.87. The molecule has 0 amide bonds. The Bertz CT molecular complexity index is 382. The fourth-order valence-electron chi connectivity index (χ4n) is 2.68. The van der Waals surface area contributed by atoms with Crippen molar-refractivity contribution >= 4 is 0 Å². The zero-order chi connectivity index (χ0) is 14.3. The summed E-state index contributed by atoms with van der Waals surface area (Å²) in [5, 5.41) is 13.8. The van der Waals surface area contributed by atoms with Gasteiger partial charge in [0.2, 0.25) is 0 Å². The lowest BCUT2D eigenvalue weighted by atomic mass is 9.85. The number of benzene rings is 1. The SMILES string of the molecule is CCCNCc1ccc(OCC2(O)CCCCC2)cc1. The Balaban J connectivity index is 1.78. The van der Waals surface area contributed by atoms with Crippen molar-refractivity contribution in [2.45, 2.75) is 57.6 Å². The van der Waals surface area contributed by atoms with E-state index in [1.165, 1.54) is 12.0 Å². The van der Waals surface area contributed by atoms with Gasteiger partial charge in [0.1, 0.15) is 12.4 Å². The summed E-state index contributed by atoms with van der Waals surface area (Å²) in [5.74, 6) is 0.850. The number of aliphatic hydroxyl groups is 1. The molecule has 1 saturated carbocycles. The molecule has 0 spiro atoms. The van der Waals surface area contributed by atoms with Gasteiger partial charge in [0, 0.05) is 6.54 Å². The quantitative estimate of drug-likeness (QED) is 0.752. The van der Waals surface area contributed by atoms with E-state index in [-0.39, 0.29) is 0 Å². The van der Waals surface area contributed by atoms with E-state index in [9.17, 15) is 5.11 Å². The van der Waals surface area contributed by atoms with Crippen LogP contribution < -0.4 is 10.1 Å². The highest BCUT2D eigenvalue weighted by molar-refractivity contribution is 5.27. The summed E-state index contributed by atoms with van der Waals surface area (Å²) in [6.45, 7) is 4.53. The van der Waals surface area contributed by atoms with Gasteiger partial charge in [-0.1, -0.05) is 38.3 Å². The molecule has 0 bridgehead atoms. The van der Waals surface area contributed by atoms with Gasteiger partial charge in [-0.25, -0.2) is 0 Å². The van der Waals surface area contributed by atoms with E-state index in [0.29, 0.717) is 6.61 Å². The lowest BCUT2D eigenvalue weighted by molar-refractivity contribution is -0.0339. The summed E-state index contributed by atoms with van der Waals surface area (Å²) < 4.78 is 5.76. The zero-order valence-electron chi connectivity index (χ0n) is 12.5. The topological polar surface area (TPSA) is 41.5 Å². The number of ether oxygens (including phenoxy) is 1. The van der Waals surface area contributed by atoms with Gasteiger partial charge in [-0.3, -0.25) is 0 Å². The standard InChI is InChI=1S/C17H27NO2/c1-2-12-18-13-15-6-8-16(9-7-15)20-14-17(19)10-4-3-5-11-17/h6-9,18-19H,2-5,10-14H2,1H3. The molecular formula is C17H27NO2. The number of hydrogen-bond acceptors (Lipinski definition) is 3. The van der Waals surface area contributed by atoms with E-state index >= 15 is 0 Å². The number of nitrogens with one attached hydrogen (secondary N) is 1. The Hall–Kier alpha value is -1.06. The van der Waals surface area contributed by atoms with Crippen LogP contribution in [0.2, 0.25) is 0 Å². The molecule has 1 aromatic carbocycles. The minimum atomic E-state index is -0.612. The van der Waals surface area contributed by atoms with Crippen molar-refractivity contribution in [3.05, 3.63) is 29.8 Å². The second-order valence-electron chi connectivity index (χ2n) is 5.89.